The maximum absolute atomic E-state index is 12.6. The average molecular weight is 501 g/mol. The standard InChI is InChI=1S/C20H17BrClF2N3O3/c1-2-29-17-9-12(7-8-16(17)30-20(23)24)19(28)25-18-14(21)11-27(26-18)10-13-5-3-4-6-15(13)22/h3-9,11,20H,2,10H2,1H3,(H,25,26,28). The van der Waals surface area contributed by atoms with Crippen LogP contribution in [0.4, 0.5) is 14.6 Å². The van der Waals surface area contributed by atoms with E-state index < -0.39 is 12.5 Å². The van der Waals surface area contributed by atoms with Crippen LogP contribution in [0, 0.1) is 0 Å². The van der Waals surface area contributed by atoms with Gasteiger partial charge in [-0.15, -0.1) is 0 Å². The van der Waals surface area contributed by atoms with Gasteiger partial charge in [0.15, 0.2) is 17.3 Å². The van der Waals surface area contributed by atoms with Gasteiger partial charge in [0.2, 0.25) is 0 Å². The maximum Gasteiger partial charge on any atom is 0.387 e. The van der Waals surface area contributed by atoms with Gasteiger partial charge in [0, 0.05) is 16.8 Å². The zero-order valence-corrected chi connectivity index (χ0v) is 18.1. The Morgan fingerprint density at radius 1 is 1.27 bits per heavy atom. The predicted octanol–water partition coefficient (Wildman–Crippen LogP) is 5.60. The minimum absolute atomic E-state index is 0.0498. The number of halogens is 4. The first-order valence-electron chi connectivity index (χ1n) is 8.86. The van der Waals surface area contributed by atoms with Gasteiger partial charge in [-0.3, -0.25) is 9.48 Å². The fourth-order valence-electron chi connectivity index (χ4n) is 2.65. The Balaban J connectivity index is 1.76. The molecule has 3 rings (SSSR count). The number of hydrogen-bond acceptors (Lipinski definition) is 4. The van der Waals surface area contributed by atoms with Crippen LogP contribution in [0.2, 0.25) is 5.02 Å². The van der Waals surface area contributed by atoms with Gasteiger partial charge in [-0.2, -0.15) is 13.9 Å². The lowest BCUT2D eigenvalue weighted by Gasteiger charge is -2.12. The molecule has 1 heterocycles. The fraction of sp³-hybridized carbons (Fsp3) is 0.200. The molecule has 0 saturated carbocycles. The summed E-state index contributed by atoms with van der Waals surface area (Å²) in [6.45, 7) is -0.658. The number of benzene rings is 2. The Labute approximate surface area is 184 Å². The van der Waals surface area contributed by atoms with Crippen LogP contribution in [-0.4, -0.2) is 28.9 Å². The van der Waals surface area contributed by atoms with Gasteiger partial charge in [0.1, 0.15) is 0 Å². The molecule has 0 saturated heterocycles. The van der Waals surface area contributed by atoms with Crippen molar-refractivity contribution in [3.05, 3.63) is 69.3 Å². The second kappa shape index (κ2) is 9.90. The molecule has 0 spiro atoms. The number of anilines is 1. The summed E-state index contributed by atoms with van der Waals surface area (Å²) in [4.78, 5) is 12.6. The maximum atomic E-state index is 12.6. The minimum Gasteiger partial charge on any atom is -0.490 e. The topological polar surface area (TPSA) is 65.4 Å². The average Bonchev–Trinajstić information content (AvgIpc) is 3.03. The van der Waals surface area contributed by atoms with Crippen molar-refractivity contribution in [3.8, 4) is 11.5 Å². The Morgan fingerprint density at radius 2 is 2.03 bits per heavy atom. The van der Waals surface area contributed by atoms with Crippen molar-refractivity contribution in [2.24, 2.45) is 0 Å². The van der Waals surface area contributed by atoms with E-state index in [0.29, 0.717) is 21.9 Å². The van der Waals surface area contributed by atoms with Gasteiger partial charge in [-0.1, -0.05) is 29.8 Å². The number of ether oxygens (including phenoxy) is 2. The summed E-state index contributed by atoms with van der Waals surface area (Å²) in [6.07, 6.45) is 1.71. The molecule has 6 nitrogen and oxygen atoms in total. The molecule has 30 heavy (non-hydrogen) atoms. The van der Waals surface area contributed by atoms with Crippen LogP contribution in [0.15, 0.2) is 53.1 Å². The molecule has 3 aromatic rings. The highest BCUT2D eigenvalue weighted by Gasteiger charge is 2.17. The lowest BCUT2D eigenvalue weighted by molar-refractivity contribution is -0.0514. The highest BCUT2D eigenvalue weighted by atomic mass is 79.9. The summed E-state index contributed by atoms with van der Waals surface area (Å²) in [5, 5.41) is 7.65. The van der Waals surface area contributed by atoms with Crippen molar-refractivity contribution < 1.29 is 23.0 Å². The molecule has 0 atom stereocenters. The van der Waals surface area contributed by atoms with E-state index in [0.717, 1.165) is 5.56 Å². The number of hydrogen-bond donors (Lipinski definition) is 1. The van der Waals surface area contributed by atoms with E-state index in [1.54, 1.807) is 23.9 Å². The minimum atomic E-state index is -3.00. The van der Waals surface area contributed by atoms with Crippen LogP contribution in [0.1, 0.15) is 22.8 Å². The lowest BCUT2D eigenvalue weighted by Crippen LogP contribution is -2.14. The SMILES string of the molecule is CCOc1cc(C(=O)Nc2nn(Cc3ccccc3Cl)cc2Br)ccc1OC(F)F. The number of rotatable bonds is 8. The molecular weight excluding hydrogens is 484 g/mol. The molecule has 0 fully saturated rings. The van der Waals surface area contributed by atoms with Crippen molar-refractivity contribution >= 4 is 39.3 Å². The Hall–Kier alpha value is -2.65. The van der Waals surface area contributed by atoms with Crippen LogP contribution in [-0.2, 0) is 6.54 Å². The molecule has 158 valence electrons. The van der Waals surface area contributed by atoms with Crippen molar-refractivity contribution in [1.29, 1.82) is 0 Å². The van der Waals surface area contributed by atoms with Crippen LogP contribution in [0.5, 0.6) is 11.5 Å². The van der Waals surface area contributed by atoms with Crippen LogP contribution in [0.3, 0.4) is 0 Å². The van der Waals surface area contributed by atoms with Crippen molar-refractivity contribution in [2.45, 2.75) is 20.1 Å². The molecule has 0 bridgehead atoms. The molecule has 0 aliphatic heterocycles. The van der Waals surface area contributed by atoms with E-state index in [1.807, 2.05) is 18.2 Å². The lowest BCUT2D eigenvalue weighted by atomic mass is 10.2. The summed E-state index contributed by atoms with van der Waals surface area (Å²) in [5.74, 6) is -0.275. The molecule has 1 N–H and O–H groups in total. The molecule has 0 unspecified atom stereocenters. The molecule has 2 aromatic carbocycles. The first kappa shape index (κ1) is 22.0. The van der Waals surface area contributed by atoms with Gasteiger partial charge in [0.05, 0.1) is 17.6 Å². The normalized spacial score (nSPS) is 10.9. The van der Waals surface area contributed by atoms with E-state index in [-0.39, 0.29) is 23.7 Å². The number of carbonyl (C=O) groups excluding carboxylic acids is 1. The smallest absolute Gasteiger partial charge is 0.387 e. The molecule has 1 amide bonds. The highest BCUT2D eigenvalue weighted by molar-refractivity contribution is 9.10. The Kier molecular flexibility index (Phi) is 7.28. The van der Waals surface area contributed by atoms with Gasteiger partial charge in [-0.05, 0) is 52.7 Å². The number of aromatic nitrogens is 2. The number of alkyl halides is 2. The number of nitrogens with zero attached hydrogens (tertiary/aromatic N) is 2. The summed E-state index contributed by atoms with van der Waals surface area (Å²) >= 11 is 9.55. The Morgan fingerprint density at radius 3 is 2.73 bits per heavy atom. The van der Waals surface area contributed by atoms with Crippen molar-refractivity contribution in [3.63, 3.8) is 0 Å². The summed E-state index contributed by atoms with van der Waals surface area (Å²) in [5.41, 5.74) is 1.08. The summed E-state index contributed by atoms with van der Waals surface area (Å²) < 4.78 is 37.0. The van der Waals surface area contributed by atoms with E-state index >= 15 is 0 Å². The van der Waals surface area contributed by atoms with Crippen LogP contribution >= 0.6 is 27.5 Å². The first-order valence-corrected chi connectivity index (χ1v) is 10.0. The van der Waals surface area contributed by atoms with Gasteiger partial charge in [0.25, 0.3) is 5.91 Å². The van der Waals surface area contributed by atoms with Crippen molar-refractivity contribution in [2.75, 3.05) is 11.9 Å². The third-order valence-corrected chi connectivity index (χ3v) is 4.91. The molecule has 10 heteroatoms. The van der Waals surface area contributed by atoms with Crippen LogP contribution < -0.4 is 14.8 Å². The van der Waals surface area contributed by atoms with Gasteiger partial charge >= 0.3 is 6.61 Å². The zero-order valence-electron chi connectivity index (χ0n) is 15.7. The summed E-state index contributed by atoms with van der Waals surface area (Å²) in [7, 11) is 0. The molecule has 0 aliphatic rings. The Bertz CT molecular complexity index is 1050. The second-order valence-corrected chi connectivity index (χ2v) is 7.30. The number of nitrogens with one attached hydrogen (secondary N) is 1. The molecule has 0 aliphatic carbocycles. The quantitative estimate of drug-likeness (QED) is 0.437. The third kappa shape index (κ3) is 5.48. The largest absolute Gasteiger partial charge is 0.490 e. The number of amides is 1. The summed E-state index contributed by atoms with van der Waals surface area (Å²) in [6, 6.07) is 11.3. The highest BCUT2D eigenvalue weighted by Crippen LogP contribution is 2.30. The molecular formula is C20H17BrClF2N3O3. The van der Waals surface area contributed by atoms with Gasteiger partial charge < -0.3 is 14.8 Å². The monoisotopic (exact) mass is 499 g/mol. The molecule has 1 aromatic heterocycles. The van der Waals surface area contributed by atoms with E-state index in [2.05, 4.69) is 31.1 Å². The van der Waals surface area contributed by atoms with Crippen molar-refractivity contribution in [1.82, 2.24) is 9.78 Å². The van der Waals surface area contributed by atoms with Crippen LogP contribution in [0.25, 0.3) is 0 Å². The van der Waals surface area contributed by atoms with E-state index in [9.17, 15) is 13.6 Å². The van der Waals surface area contributed by atoms with Gasteiger partial charge in [-0.25, -0.2) is 0 Å². The molecule has 0 radical (unpaired) electrons. The number of carbonyl (C=O) groups is 1. The fourth-order valence-corrected chi connectivity index (χ4v) is 3.26. The zero-order chi connectivity index (χ0) is 21.7. The van der Waals surface area contributed by atoms with E-state index in [1.165, 1.54) is 18.2 Å². The third-order valence-electron chi connectivity index (χ3n) is 3.96. The second-order valence-electron chi connectivity index (χ2n) is 6.04. The first-order chi connectivity index (χ1) is 14.4. The predicted molar refractivity (Wildman–Crippen MR) is 113 cm³/mol. The van der Waals surface area contributed by atoms with E-state index in [4.69, 9.17) is 16.3 Å².